The summed E-state index contributed by atoms with van der Waals surface area (Å²) in [4.78, 5) is 7.08. The number of nitrogens with one attached hydrogen (secondary N) is 1. The Bertz CT molecular complexity index is 750. The Kier molecular flexibility index (Phi) is 2.50. The minimum absolute atomic E-state index is 0.176. The number of hydrogen-bond donors (Lipinski definition) is 2. The monoisotopic (exact) mass is 252 g/mol. The molecule has 6 heteroatoms. The third-order valence-corrected chi connectivity index (χ3v) is 2.59. The van der Waals surface area contributed by atoms with Gasteiger partial charge in [-0.05, 0) is 36.4 Å². The zero-order valence-corrected chi connectivity index (χ0v) is 9.66. The third-order valence-electron chi connectivity index (χ3n) is 2.59. The summed E-state index contributed by atoms with van der Waals surface area (Å²) < 4.78 is 5.13. The van der Waals surface area contributed by atoms with Crippen LogP contribution in [0.3, 0.4) is 0 Å². The molecule has 0 spiro atoms. The first kappa shape index (κ1) is 11.0. The van der Waals surface area contributed by atoms with Crippen molar-refractivity contribution in [1.29, 1.82) is 5.26 Å². The number of phenolic OH excluding ortho intramolecular Hbond substituents is 1. The van der Waals surface area contributed by atoms with E-state index in [-0.39, 0.29) is 5.75 Å². The molecule has 92 valence electrons. The molecule has 3 aromatic rings. The van der Waals surface area contributed by atoms with Crippen molar-refractivity contribution in [3.63, 3.8) is 0 Å². The molecule has 0 aliphatic carbocycles. The smallest absolute Gasteiger partial charge is 0.274 e. The maximum atomic E-state index is 9.22. The van der Waals surface area contributed by atoms with E-state index in [1.165, 1.54) is 0 Å². The molecule has 0 fully saturated rings. The topological polar surface area (TPSA) is 98.7 Å². The van der Waals surface area contributed by atoms with Crippen LogP contribution in [0.25, 0.3) is 23.0 Å². The lowest BCUT2D eigenvalue weighted by Gasteiger charge is -1.93. The largest absolute Gasteiger partial charge is 0.508 e. The summed E-state index contributed by atoms with van der Waals surface area (Å²) in [5.74, 6) is 0.906. The van der Waals surface area contributed by atoms with E-state index in [0.29, 0.717) is 23.1 Å². The highest BCUT2D eigenvalue weighted by molar-refractivity contribution is 5.59. The Morgan fingerprint density at radius 3 is 2.63 bits per heavy atom. The number of H-pyrrole nitrogens is 1. The molecular formula is C13H8N4O2. The number of hydrogen-bond acceptors (Lipinski definition) is 5. The first-order valence-electron chi connectivity index (χ1n) is 5.49. The van der Waals surface area contributed by atoms with Crippen LogP contribution in [-0.4, -0.2) is 20.2 Å². The van der Waals surface area contributed by atoms with Crippen LogP contribution in [0, 0.1) is 11.3 Å². The van der Waals surface area contributed by atoms with Gasteiger partial charge < -0.3 is 14.6 Å². The van der Waals surface area contributed by atoms with E-state index in [9.17, 15) is 5.11 Å². The van der Waals surface area contributed by atoms with Gasteiger partial charge in [0.1, 0.15) is 23.2 Å². The number of nitrogens with zero attached hydrogens (tertiary/aromatic N) is 3. The van der Waals surface area contributed by atoms with Crippen molar-refractivity contribution in [2.24, 2.45) is 0 Å². The van der Waals surface area contributed by atoms with Gasteiger partial charge in [0, 0.05) is 5.56 Å². The molecule has 0 saturated heterocycles. The Balaban J connectivity index is 1.95. The van der Waals surface area contributed by atoms with E-state index < -0.39 is 0 Å². The quantitative estimate of drug-likeness (QED) is 0.729. The maximum absolute atomic E-state index is 9.22. The Morgan fingerprint density at radius 1 is 1.16 bits per heavy atom. The van der Waals surface area contributed by atoms with Gasteiger partial charge in [0.15, 0.2) is 0 Å². The van der Waals surface area contributed by atoms with Crippen molar-refractivity contribution >= 4 is 0 Å². The molecular weight excluding hydrogens is 244 g/mol. The molecule has 0 amide bonds. The van der Waals surface area contributed by atoms with E-state index in [1.807, 2.05) is 6.07 Å². The second-order valence-electron chi connectivity index (χ2n) is 3.87. The summed E-state index contributed by atoms with van der Waals surface area (Å²) in [6.07, 6.45) is 0. The molecule has 0 aliphatic heterocycles. The molecule has 19 heavy (non-hydrogen) atoms. The zero-order valence-electron chi connectivity index (χ0n) is 9.66. The van der Waals surface area contributed by atoms with E-state index in [1.54, 1.807) is 36.4 Å². The Hall–Kier alpha value is -3.07. The summed E-state index contributed by atoms with van der Waals surface area (Å²) in [5.41, 5.74) is 1.76. The van der Waals surface area contributed by atoms with Crippen LogP contribution in [0.5, 0.6) is 5.75 Å². The van der Waals surface area contributed by atoms with Gasteiger partial charge in [0.05, 0.1) is 0 Å². The van der Waals surface area contributed by atoms with Crippen LogP contribution in [-0.2, 0) is 0 Å². The van der Waals surface area contributed by atoms with Crippen molar-refractivity contribution in [2.45, 2.75) is 0 Å². The van der Waals surface area contributed by atoms with Gasteiger partial charge in [-0.3, -0.25) is 0 Å². The number of aromatic amines is 1. The molecule has 0 atom stereocenters. The van der Waals surface area contributed by atoms with E-state index in [4.69, 9.17) is 9.78 Å². The lowest BCUT2D eigenvalue weighted by molar-refractivity contribution is 0.431. The van der Waals surface area contributed by atoms with Crippen molar-refractivity contribution in [2.75, 3.05) is 0 Å². The van der Waals surface area contributed by atoms with Gasteiger partial charge in [-0.1, -0.05) is 5.16 Å². The molecule has 0 unspecified atom stereocenters. The van der Waals surface area contributed by atoms with E-state index >= 15 is 0 Å². The maximum Gasteiger partial charge on any atom is 0.274 e. The normalized spacial score (nSPS) is 10.3. The predicted molar refractivity (Wildman–Crippen MR) is 65.9 cm³/mol. The van der Waals surface area contributed by atoms with Crippen molar-refractivity contribution in [1.82, 2.24) is 15.1 Å². The van der Waals surface area contributed by atoms with Crippen LogP contribution < -0.4 is 0 Å². The highest BCUT2D eigenvalue weighted by atomic mass is 16.5. The standard InChI is InChI=1S/C13H8N4O2/c14-7-9-3-6-11(15-9)13-16-12(17-19-13)8-1-4-10(18)5-2-8/h1-6,15,18H. The summed E-state index contributed by atoms with van der Waals surface area (Å²) in [7, 11) is 0. The summed E-state index contributed by atoms with van der Waals surface area (Å²) in [6.45, 7) is 0. The molecule has 0 radical (unpaired) electrons. The van der Waals surface area contributed by atoms with Gasteiger partial charge in [0.25, 0.3) is 5.89 Å². The molecule has 2 heterocycles. The number of rotatable bonds is 2. The van der Waals surface area contributed by atoms with Crippen molar-refractivity contribution in [3.8, 4) is 34.8 Å². The van der Waals surface area contributed by atoms with Gasteiger partial charge in [-0.25, -0.2) is 0 Å². The number of phenols is 1. The van der Waals surface area contributed by atoms with E-state index in [0.717, 1.165) is 5.56 Å². The minimum Gasteiger partial charge on any atom is -0.508 e. The second-order valence-corrected chi connectivity index (χ2v) is 3.87. The van der Waals surface area contributed by atoms with Crippen molar-refractivity contribution in [3.05, 3.63) is 42.1 Å². The number of benzene rings is 1. The van der Waals surface area contributed by atoms with Gasteiger partial charge in [0.2, 0.25) is 5.82 Å². The minimum atomic E-state index is 0.176. The summed E-state index contributed by atoms with van der Waals surface area (Å²) >= 11 is 0. The fourth-order valence-electron chi connectivity index (χ4n) is 1.65. The van der Waals surface area contributed by atoms with Crippen LogP contribution in [0.4, 0.5) is 0 Å². The first-order valence-corrected chi connectivity index (χ1v) is 5.49. The van der Waals surface area contributed by atoms with Gasteiger partial charge >= 0.3 is 0 Å². The zero-order chi connectivity index (χ0) is 13.2. The lowest BCUT2D eigenvalue weighted by Crippen LogP contribution is -1.81. The molecule has 0 saturated carbocycles. The second kappa shape index (κ2) is 4.31. The predicted octanol–water partition coefficient (Wildman–Crippen LogP) is 2.31. The van der Waals surface area contributed by atoms with Gasteiger partial charge in [-0.2, -0.15) is 10.2 Å². The Morgan fingerprint density at radius 2 is 1.95 bits per heavy atom. The number of nitriles is 1. The van der Waals surface area contributed by atoms with Crippen LogP contribution in [0.1, 0.15) is 5.69 Å². The average molecular weight is 252 g/mol. The fourth-order valence-corrected chi connectivity index (χ4v) is 1.65. The molecule has 0 aliphatic rings. The highest BCUT2D eigenvalue weighted by Gasteiger charge is 2.12. The third kappa shape index (κ3) is 2.05. The first-order chi connectivity index (χ1) is 9.26. The molecule has 3 rings (SSSR count). The van der Waals surface area contributed by atoms with E-state index in [2.05, 4.69) is 15.1 Å². The molecule has 1 aromatic carbocycles. The van der Waals surface area contributed by atoms with Gasteiger partial charge in [-0.15, -0.1) is 0 Å². The summed E-state index contributed by atoms with van der Waals surface area (Å²) in [6, 6.07) is 11.8. The van der Waals surface area contributed by atoms with Crippen LogP contribution in [0.2, 0.25) is 0 Å². The highest BCUT2D eigenvalue weighted by Crippen LogP contribution is 2.22. The lowest BCUT2D eigenvalue weighted by atomic mass is 10.2. The molecule has 2 N–H and O–H groups in total. The Labute approximate surface area is 107 Å². The fraction of sp³-hybridized carbons (Fsp3) is 0. The summed E-state index contributed by atoms with van der Waals surface area (Å²) in [5, 5.41) is 21.8. The molecule has 6 nitrogen and oxygen atoms in total. The van der Waals surface area contributed by atoms with Crippen LogP contribution >= 0.6 is 0 Å². The SMILES string of the molecule is N#Cc1ccc(-c2nc(-c3ccc(O)cc3)no2)[nH]1. The molecule has 2 aromatic heterocycles. The van der Waals surface area contributed by atoms with Crippen LogP contribution in [0.15, 0.2) is 40.9 Å². The average Bonchev–Trinajstić information content (AvgIpc) is 3.08. The molecule has 0 bridgehead atoms. The number of aromatic hydroxyl groups is 1. The number of aromatic nitrogens is 3. The van der Waals surface area contributed by atoms with Crippen molar-refractivity contribution < 1.29 is 9.63 Å².